The van der Waals surface area contributed by atoms with Gasteiger partial charge in [-0.15, -0.1) is 0 Å². The minimum atomic E-state index is -1.18. The first kappa shape index (κ1) is 29.5. The van der Waals surface area contributed by atoms with E-state index in [1.165, 1.54) is 18.7 Å². The molecule has 0 aromatic rings. The maximum atomic E-state index is 12.9. The van der Waals surface area contributed by atoms with Gasteiger partial charge in [0.2, 0.25) is 17.7 Å². The highest BCUT2D eigenvalue weighted by Gasteiger charge is 2.28. The molecule has 12 heteroatoms. The van der Waals surface area contributed by atoms with Crippen molar-refractivity contribution in [3.63, 3.8) is 0 Å². The van der Waals surface area contributed by atoms with Crippen LogP contribution in [0.1, 0.15) is 39.0 Å². The summed E-state index contributed by atoms with van der Waals surface area (Å²) >= 11 is 3.10. The number of aliphatic carboxylic acids is 1. The van der Waals surface area contributed by atoms with E-state index in [1.54, 1.807) is 11.8 Å². The molecule has 180 valence electrons. The molecule has 10 nitrogen and oxygen atoms in total. The fourth-order valence-electron chi connectivity index (χ4n) is 2.57. The predicted octanol–water partition coefficient (Wildman–Crippen LogP) is -0.492. The zero-order valence-corrected chi connectivity index (χ0v) is 20.2. The molecule has 0 aliphatic heterocycles. The van der Waals surface area contributed by atoms with Crippen LogP contribution in [0.3, 0.4) is 0 Å². The number of hydrogen-bond donors (Lipinski definition) is 6. The summed E-state index contributed by atoms with van der Waals surface area (Å²) < 4.78 is 0. The standard InChI is InChI=1S/C19H37N5O5S2/c1-12(19(28)29)22-17(26)14(6-4-5-9-20)24-18(27)15(8-11-31-3)23-16(25)13(21)7-10-30-2/h12-15H,4-11,20-21H2,1-3H3,(H,22,26)(H,23,25)(H,24,27)(H,28,29). The molecule has 4 unspecified atom stereocenters. The SMILES string of the molecule is CSCCC(N)C(=O)NC(CCSC)C(=O)NC(CCCCN)C(=O)NC(C)C(=O)O. The quantitative estimate of drug-likeness (QED) is 0.150. The fourth-order valence-corrected chi connectivity index (χ4v) is 3.53. The highest BCUT2D eigenvalue weighted by atomic mass is 32.2. The number of carbonyl (C=O) groups excluding carboxylic acids is 3. The number of nitrogens with one attached hydrogen (secondary N) is 3. The molecule has 0 heterocycles. The molecule has 3 amide bonds. The molecule has 0 bridgehead atoms. The molecule has 31 heavy (non-hydrogen) atoms. The number of nitrogens with two attached hydrogens (primary N) is 2. The molecular weight excluding hydrogens is 442 g/mol. The summed E-state index contributed by atoms with van der Waals surface area (Å²) in [4.78, 5) is 48.9. The summed E-state index contributed by atoms with van der Waals surface area (Å²) in [5.41, 5.74) is 11.4. The van der Waals surface area contributed by atoms with Gasteiger partial charge in [0, 0.05) is 0 Å². The Hall–Kier alpha value is -1.50. The topological polar surface area (TPSA) is 177 Å². The average Bonchev–Trinajstić information content (AvgIpc) is 2.73. The van der Waals surface area contributed by atoms with Crippen molar-refractivity contribution in [3.05, 3.63) is 0 Å². The number of hydrogen-bond acceptors (Lipinski definition) is 8. The van der Waals surface area contributed by atoms with E-state index >= 15 is 0 Å². The van der Waals surface area contributed by atoms with Crippen LogP contribution in [0.2, 0.25) is 0 Å². The van der Waals surface area contributed by atoms with Gasteiger partial charge < -0.3 is 32.5 Å². The van der Waals surface area contributed by atoms with Gasteiger partial charge in [0.05, 0.1) is 6.04 Å². The lowest BCUT2D eigenvalue weighted by Gasteiger charge is -2.24. The van der Waals surface area contributed by atoms with E-state index in [0.29, 0.717) is 44.4 Å². The largest absolute Gasteiger partial charge is 0.480 e. The Labute approximate surface area is 192 Å². The highest BCUT2D eigenvalue weighted by molar-refractivity contribution is 7.98. The van der Waals surface area contributed by atoms with Gasteiger partial charge in [-0.3, -0.25) is 19.2 Å². The smallest absolute Gasteiger partial charge is 0.325 e. The van der Waals surface area contributed by atoms with Gasteiger partial charge in [0.1, 0.15) is 18.1 Å². The third kappa shape index (κ3) is 12.8. The summed E-state index contributed by atoms with van der Waals surface area (Å²) in [5, 5.41) is 16.8. The monoisotopic (exact) mass is 479 g/mol. The molecule has 0 aromatic heterocycles. The maximum Gasteiger partial charge on any atom is 0.325 e. The van der Waals surface area contributed by atoms with E-state index in [0.717, 1.165) is 5.75 Å². The van der Waals surface area contributed by atoms with Gasteiger partial charge in [-0.25, -0.2) is 0 Å². The van der Waals surface area contributed by atoms with Crippen molar-refractivity contribution in [2.75, 3.05) is 30.6 Å². The van der Waals surface area contributed by atoms with Crippen molar-refractivity contribution in [1.29, 1.82) is 0 Å². The second-order valence-corrected chi connectivity index (χ2v) is 9.12. The number of carboxylic acid groups (broad SMARTS) is 1. The van der Waals surface area contributed by atoms with Crippen LogP contribution in [0.4, 0.5) is 0 Å². The number of carboxylic acids is 1. The normalized spacial score (nSPS) is 14.7. The summed E-state index contributed by atoms with van der Waals surface area (Å²) in [6.45, 7) is 1.78. The molecule has 0 fully saturated rings. The van der Waals surface area contributed by atoms with Gasteiger partial charge in [0.15, 0.2) is 0 Å². The van der Waals surface area contributed by atoms with Crippen LogP contribution in [0, 0.1) is 0 Å². The van der Waals surface area contributed by atoms with Crippen LogP contribution >= 0.6 is 23.5 Å². The molecule has 0 spiro atoms. The maximum absolute atomic E-state index is 12.9. The van der Waals surface area contributed by atoms with Crippen LogP contribution in [-0.4, -0.2) is 83.5 Å². The Balaban J connectivity index is 5.23. The van der Waals surface area contributed by atoms with Crippen LogP contribution in [0.5, 0.6) is 0 Å². The van der Waals surface area contributed by atoms with Crippen LogP contribution < -0.4 is 27.4 Å². The predicted molar refractivity (Wildman–Crippen MR) is 126 cm³/mol. The van der Waals surface area contributed by atoms with Gasteiger partial charge in [-0.05, 0) is 69.6 Å². The van der Waals surface area contributed by atoms with Gasteiger partial charge in [-0.1, -0.05) is 0 Å². The Morgan fingerprint density at radius 3 is 1.90 bits per heavy atom. The lowest BCUT2D eigenvalue weighted by molar-refractivity contribution is -0.141. The third-order valence-corrected chi connectivity index (χ3v) is 5.81. The van der Waals surface area contributed by atoms with Crippen molar-refractivity contribution < 1.29 is 24.3 Å². The highest BCUT2D eigenvalue weighted by Crippen LogP contribution is 2.07. The molecule has 0 radical (unpaired) electrons. The zero-order chi connectivity index (χ0) is 23.8. The van der Waals surface area contributed by atoms with E-state index < -0.39 is 47.9 Å². The lowest BCUT2D eigenvalue weighted by atomic mass is 10.1. The Morgan fingerprint density at radius 1 is 0.839 bits per heavy atom. The first-order chi connectivity index (χ1) is 14.7. The number of thioether (sulfide) groups is 2. The van der Waals surface area contributed by atoms with E-state index in [9.17, 15) is 19.2 Å². The molecule has 4 atom stereocenters. The minimum absolute atomic E-state index is 0.303. The van der Waals surface area contributed by atoms with Crippen LogP contribution in [0.25, 0.3) is 0 Å². The summed E-state index contributed by atoms with van der Waals surface area (Å²) in [7, 11) is 0. The molecular formula is C19H37N5O5S2. The van der Waals surface area contributed by atoms with Crippen LogP contribution in [-0.2, 0) is 19.2 Å². The van der Waals surface area contributed by atoms with E-state index in [4.69, 9.17) is 16.6 Å². The summed E-state index contributed by atoms with van der Waals surface area (Å²) in [5.74, 6) is -1.34. The fraction of sp³-hybridized carbons (Fsp3) is 0.789. The molecule has 0 rings (SSSR count). The Kier molecular flexibility index (Phi) is 16.3. The average molecular weight is 480 g/mol. The molecule has 0 saturated heterocycles. The Bertz CT molecular complexity index is 582. The minimum Gasteiger partial charge on any atom is -0.480 e. The second-order valence-electron chi connectivity index (χ2n) is 7.14. The molecule has 0 aliphatic carbocycles. The first-order valence-electron chi connectivity index (χ1n) is 10.2. The first-order valence-corrected chi connectivity index (χ1v) is 13.0. The third-order valence-electron chi connectivity index (χ3n) is 4.52. The van der Waals surface area contributed by atoms with Crippen molar-refractivity contribution >= 4 is 47.2 Å². The number of unbranched alkanes of at least 4 members (excludes halogenated alkanes) is 1. The van der Waals surface area contributed by atoms with Gasteiger partial charge in [-0.2, -0.15) is 23.5 Å². The number of amides is 3. The van der Waals surface area contributed by atoms with E-state index in [-0.39, 0.29) is 0 Å². The van der Waals surface area contributed by atoms with Crippen molar-refractivity contribution in [2.24, 2.45) is 11.5 Å². The van der Waals surface area contributed by atoms with Crippen molar-refractivity contribution in [2.45, 2.75) is 63.2 Å². The van der Waals surface area contributed by atoms with E-state index in [1.807, 2.05) is 12.5 Å². The van der Waals surface area contributed by atoms with Gasteiger partial charge in [0.25, 0.3) is 0 Å². The van der Waals surface area contributed by atoms with Crippen molar-refractivity contribution in [3.8, 4) is 0 Å². The zero-order valence-electron chi connectivity index (χ0n) is 18.5. The van der Waals surface area contributed by atoms with Gasteiger partial charge >= 0.3 is 5.97 Å². The summed E-state index contributed by atoms with van der Waals surface area (Å²) in [6.07, 6.45) is 6.20. The molecule has 0 saturated carbocycles. The number of rotatable bonds is 17. The van der Waals surface area contributed by atoms with Crippen LogP contribution in [0.15, 0.2) is 0 Å². The van der Waals surface area contributed by atoms with E-state index in [2.05, 4.69) is 16.0 Å². The number of carbonyl (C=O) groups is 4. The molecule has 0 aromatic carbocycles. The van der Waals surface area contributed by atoms with Crippen molar-refractivity contribution in [1.82, 2.24) is 16.0 Å². The summed E-state index contributed by atoms with van der Waals surface area (Å²) in [6, 6.07) is -3.60. The molecule has 0 aliphatic rings. The second kappa shape index (κ2) is 17.1. The Morgan fingerprint density at radius 2 is 1.35 bits per heavy atom. The molecule has 8 N–H and O–H groups in total. The lowest BCUT2D eigenvalue weighted by Crippen LogP contribution is -2.57.